The number of pyridine rings is 1. The molecular formula is C17H21ClN2O4. The molecule has 1 heterocycles. The fourth-order valence-corrected chi connectivity index (χ4v) is 2.74. The number of aromatic hydroxyl groups is 2. The molecule has 0 bridgehead atoms. The third kappa shape index (κ3) is 3.06. The van der Waals surface area contributed by atoms with E-state index >= 15 is 0 Å². The highest BCUT2D eigenvalue weighted by molar-refractivity contribution is 6.37. The van der Waals surface area contributed by atoms with Gasteiger partial charge in [-0.15, -0.1) is 0 Å². The molecule has 1 aromatic carbocycles. The molecule has 1 aromatic heterocycles. The Labute approximate surface area is 144 Å². The summed E-state index contributed by atoms with van der Waals surface area (Å²) in [5.41, 5.74) is -0.782. The van der Waals surface area contributed by atoms with Gasteiger partial charge in [-0.05, 0) is 27.2 Å². The minimum atomic E-state index is -0.584. The van der Waals surface area contributed by atoms with Crippen molar-refractivity contribution in [1.29, 1.82) is 0 Å². The number of amides is 1. The van der Waals surface area contributed by atoms with E-state index in [4.69, 9.17) is 11.6 Å². The van der Waals surface area contributed by atoms with E-state index in [2.05, 4.69) is 5.32 Å². The van der Waals surface area contributed by atoms with Gasteiger partial charge in [-0.2, -0.15) is 0 Å². The average molecular weight is 353 g/mol. The van der Waals surface area contributed by atoms with Crippen LogP contribution in [0.5, 0.6) is 11.5 Å². The second-order valence-electron chi connectivity index (χ2n) is 6.62. The van der Waals surface area contributed by atoms with E-state index in [9.17, 15) is 19.8 Å². The lowest BCUT2D eigenvalue weighted by atomic mass is 10.0. The van der Waals surface area contributed by atoms with Crippen LogP contribution in [-0.2, 0) is 5.54 Å². The molecule has 24 heavy (non-hydrogen) atoms. The molecular weight excluding hydrogens is 332 g/mol. The van der Waals surface area contributed by atoms with Gasteiger partial charge in [0.1, 0.15) is 5.56 Å². The second-order valence-corrected chi connectivity index (χ2v) is 7.00. The third-order valence-corrected chi connectivity index (χ3v) is 4.06. The van der Waals surface area contributed by atoms with Crippen molar-refractivity contribution in [1.82, 2.24) is 9.88 Å². The summed E-state index contributed by atoms with van der Waals surface area (Å²) in [5, 5.41) is 22.1. The molecule has 3 N–H and O–H groups in total. The van der Waals surface area contributed by atoms with Gasteiger partial charge in [-0.1, -0.05) is 18.5 Å². The highest BCUT2D eigenvalue weighted by Crippen LogP contribution is 2.39. The largest absolute Gasteiger partial charge is 0.504 e. The molecule has 0 aliphatic heterocycles. The zero-order valence-corrected chi connectivity index (χ0v) is 14.9. The van der Waals surface area contributed by atoms with Crippen LogP contribution in [0.2, 0.25) is 5.02 Å². The van der Waals surface area contributed by atoms with E-state index in [-0.39, 0.29) is 16.0 Å². The normalized spacial score (nSPS) is 11.7. The molecule has 0 aliphatic rings. The Morgan fingerprint density at radius 2 is 1.96 bits per heavy atom. The Morgan fingerprint density at radius 3 is 2.50 bits per heavy atom. The van der Waals surface area contributed by atoms with Gasteiger partial charge < -0.3 is 20.1 Å². The van der Waals surface area contributed by atoms with Crippen LogP contribution in [0.3, 0.4) is 0 Å². The Morgan fingerprint density at radius 1 is 1.33 bits per heavy atom. The zero-order valence-electron chi connectivity index (χ0n) is 14.1. The number of benzene rings is 1. The number of phenolic OH excluding ortho intramolecular Hbond substituents is 2. The van der Waals surface area contributed by atoms with Crippen LogP contribution in [0.4, 0.5) is 0 Å². The fraction of sp³-hybridized carbons (Fsp3) is 0.412. The number of carbonyl (C=O) groups is 1. The maximum absolute atomic E-state index is 12.7. The molecule has 2 aromatic rings. The number of halogens is 1. The Hall–Kier alpha value is -2.21. The number of phenols is 2. The van der Waals surface area contributed by atoms with Gasteiger partial charge in [0.05, 0.1) is 15.9 Å². The number of hydrogen-bond donors (Lipinski definition) is 3. The Balaban J connectivity index is 2.91. The van der Waals surface area contributed by atoms with Crippen molar-refractivity contribution in [3.8, 4) is 11.5 Å². The third-order valence-electron chi connectivity index (χ3n) is 3.69. The quantitative estimate of drug-likeness (QED) is 0.740. The van der Waals surface area contributed by atoms with E-state index in [0.29, 0.717) is 12.1 Å². The highest BCUT2D eigenvalue weighted by atomic mass is 35.5. The zero-order chi connectivity index (χ0) is 18.2. The lowest BCUT2D eigenvalue weighted by Gasteiger charge is -2.27. The molecule has 0 atom stereocenters. The van der Waals surface area contributed by atoms with Gasteiger partial charge >= 0.3 is 0 Å². The summed E-state index contributed by atoms with van der Waals surface area (Å²) in [4.78, 5) is 25.1. The first-order chi connectivity index (χ1) is 11.1. The summed E-state index contributed by atoms with van der Waals surface area (Å²) in [6.07, 6.45) is 2.20. The summed E-state index contributed by atoms with van der Waals surface area (Å²) >= 11 is 6.08. The predicted octanol–water partition coefficient (Wildman–Crippen LogP) is 2.96. The van der Waals surface area contributed by atoms with Gasteiger partial charge in [-0.25, -0.2) is 0 Å². The maximum atomic E-state index is 12.7. The number of fused-ring (bicyclic) bond motifs is 1. The van der Waals surface area contributed by atoms with Crippen molar-refractivity contribution in [2.45, 2.75) is 39.7 Å². The summed E-state index contributed by atoms with van der Waals surface area (Å²) in [7, 11) is 0. The van der Waals surface area contributed by atoms with Crippen molar-refractivity contribution in [3.05, 3.63) is 33.1 Å². The van der Waals surface area contributed by atoms with Crippen molar-refractivity contribution >= 4 is 28.4 Å². The van der Waals surface area contributed by atoms with E-state index in [1.165, 1.54) is 12.3 Å². The highest BCUT2D eigenvalue weighted by Gasteiger charge is 2.24. The fourth-order valence-electron chi connectivity index (χ4n) is 2.46. The van der Waals surface area contributed by atoms with Crippen molar-refractivity contribution < 1.29 is 15.0 Å². The SMILES string of the molecule is CCCNC(=O)c1cn(C(C)(C)C)c2cc(O)c(O)c(Cl)c2c1=O. The van der Waals surface area contributed by atoms with Crippen molar-refractivity contribution in [2.24, 2.45) is 0 Å². The molecule has 130 valence electrons. The monoisotopic (exact) mass is 352 g/mol. The molecule has 0 aliphatic carbocycles. The lowest BCUT2D eigenvalue weighted by Crippen LogP contribution is -2.33. The molecule has 0 saturated heterocycles. The first-order valence-electron chi connectivity index (χ1n) is 7.68. The summed E-state index contributed by atoms with van der Waals surface area (Å²) < 4.78 is 1.69. The van der Waals surface area contributed by atoms with Crippen molar-refractivity contribution in [2.75, 3.05) is 6.54 Å². The van der Waals surface area contributed by atoms with Gasteiger partial charge in [0.15, 0.2) is 11.5 Å². The first kappa shape index (κ1) is 18.1. The Kier molecular flexibility index (Phi) is 4.80. The number of rotatable bonds is 3. The van der Waals surface area contributed by atoms with Crippen LogP contribution >= 0.6 is 11.6 Å². The molecule has 0 spiro atoms. The molecule has 0 unspecified atom stereocenters. The topological polar surface area (TPSA) is 91.6 Å². The lowest BCUT2D eigenvalue weighted by molar-refractivity contribution is 0.0951. The standard InChI is InChI=1S/C17H21ClN2O4/c1-5-6-19-16(24)9-8-20(17(2,3)4)10-7-11(21)15(23)13(18)12(10)14(9)22/h7-8,21,23H,5-6H2,1-4H3,(H,19,24). The summed E-state index contributed by atoms with van der Waals surface area (Å²) in [6, 6.07) is 1.27. The van der Waals surface area contributed by atoms with E-state index < -0.39 is 28.4 Å². The van der Waals surface area contributed by atoms with E-state index in [0.717, 1.165) is 6.42 Å². The number of aromatic nitrogens is 1. The predicted molar refractivity (Wildman–Crippen MR) is 94.2 cm³/mol. The van der Waals surface area contributed by atoms with Gasteiger partial charge in [0, 0.05) is 24.3 Å². The molecule has 2 rings (SSSR count). The molecule has 6 nitrogen and oxygen atoms in total. The van der Waals surface area contributed by atoms with Crippen LogP contribution in [0.1, 0.15) is 44.5 Å². The van der Waals surface area contributed by atoms with Crippen molar-refractivity contribution in [3.63, 3.8) is 0 Å². The molecule has 0 saturated carbocycles. The van der Waals surface area contributed by atoms with Gasteiger partial charge in [-0.3, -0.25) is 9.59 Å². The van der Waals surface area contributed by atoms with Crippen LogP contribution in [0.25, 0.3) is 10.9 Å². The number of nitrogens with one attached hydrogen (secondary N) is 1. The Bertz CT molecular complexity index is 866. The van der Waals surface area contributed by atoms with E-state index in [1.807, 2.05) is 27.7 Å². The second kappa shape index (κ2) is 6.36. The van der Waals surface area contributed by atoms with E-state index in [1.54, 1.807) is 4.57 Å². The minimum absolute atomic E-state index is 0.00559. The molecule has 0 fully saturated rings. The maximum Gasteiger partial charge on any atom is 0.256 e. The summed E-state index contributed by atoms with van der Waals surface area (Å²) in [6.45, 7) is 8.03. The van der Waals surface area contributed by atoms with Crippen LogP contribution in [-0.4, -0.2) is 27.2 Å². The van der Waals surface area contributed by atoms with Gasteiger partial charge in [0.2, 0.25) is 5.43 Å². The molecule has 7 heteroatoms. The van der Waals surface area contributed by atoms with Gasteiger partial charge in [0.25, 0.3) is 5.91 Å². The van der Waals surface area contributed by atoms with Crippen LogP contribution in [0, 0.1) is 0 Å². The first-order valence-corrected chi connectivity index (χ1v) is 8.05. The number of nitrogens with zero attached hydrogens (tertiary/aromatic N) is 1. The molecule has 0 radical (unpaired) electrons. The minimum Gasteiger partial charge on any atom is -0.504 e. The smallest absolute Gasteiger partial charge is 0.256 e. The number of hydrogen-bond acceptors (Lipinski definition) is 4. The van der Waals surface area contributed by atoms with Crippen LogP contribution < -0.4 is 10.7 Å². The van der Waals surface area contributed by atoms with Crippen LogP contribution in [0.15, 0.2) is 17.1 Å². The molecule has 1 amide bonds. The summed E-state index contributed by atoms with van der Waals surface area (Å²) in [5.74, 6) is -1.49. The average Bonchev–Trinajstić information content (AvgIpc) is 2.49. The number of carbonyl (C=O) groups excluding carboxylic acids is 1.